The highest BCUT2D eigenvalue weighted by Crippen LogP contribution is 2.34. The van der Waals surface area contributed by atoms with E-state index in [0.29, 0.717) is 11.1 Å². The summed E-state index contributed by atoms with van der Waals surface area (Å²) >= 11 is 0. The maximum absolute atomic E-state index is 11.6. The first-order chi connectivity index (χ1) is 8.95. The van der Waals surface area contributed by atoms with E-state index < -0.39 is 10.1 Å². The Labute approximate surface area is 112 Å². The fraction of sp³-hybridized carbons (Fsp3) is 0.143. The zero-order chi connectivity index (χ0) is 14.0. The fourth-order valence-electron chi connectivity index (χ4n) is 2.14. The summed E-state index contributed by atoms with van der Waals surface area (Å²) in [4.78, 5) is -0.0438. The normalized spacial score (nSPS) is 11.3. The third-order valence-corrected chi connectivity index (χ3v) is 4.01. The van der Waals surface area contributed by atoms with E-state index in [1.165, 1.54) is 0 Å². The lowest BCUT2D eigenvalue weighted by Crippen LogP contribution is -2.04. The number of rotatable bonds is 3. The lowest BCUT2D eigenvalue weighted by atomic mass is 10.0. The average molecular weight is 277 g/mol. The van der Waals surface area contributed by atoms with E-state index >= 15 is 0 Å². The zero-order valence-corrected chi connectivity index (χ0v) is 11.5. The standard InChI is InChI=1S/C14H15NO3S/c1-10-6-5-8-12(14(10)19(16,17)18)11-7-3-4-9-13(11)15-2/h3-9,15H,1-2H3,(H,16,17,18). The van der Waals surface area contributed by atoms with Crippen LogP contribution in [0.5, 0.6) is 0 Å². The summed E-state index contributed by atoms with van der Waals surface area (Å²) in [6.45, 7) is 1.66. The van der Waals surface area contributed by atoms with Gasteiger partial charge in [-0.15, -0.1) is 0 Å². The number of nitrogens with one attached hydrogen (secondary N) is 1. The third-order valence-electron chi connectivity index (χ3n) is 2.96. The van der Waals surface area contributed by atoms with Gasteiger partial charge in [0, 0.05) is 23.9 Å². The molecule has 0 fully saturated rings. The molecule has 0 atom stereocenters. The van der Waals surface area contributed by atoms with E-state index in [0.717, 1.165) is 11.3 Å². The van der Waals surface area contributed by atoms with Crippen molar-refractivity contribution in [1.82, 2.24) is 0 Å². The Morgan fingerprint density at radius 1 is 1.00 bits per heavy atom. The molecule has 5 heteroatoms. The number of para-hydroxylation sites is 1. The van der Waals surface area contributed by atoms with Crippen LogP contribution >= 0.6 is 0 Å². The van der Waals surface area contributed by atoms with Crippen LogP contribution in [0.4, 0.5) is 5.69 Å². The molecule has 0 spiro atoms. The first kappa shape index (κ1) is 13.6. The lowest BCUT2D eigenvalue weighted by Gasteiger charge is -2.13. The molecular formula is C14H15NO3S. The minimum Gasteiger partial charge on any atom is -0.388 e. The van der Waals surface area contributed by atoms with Gasteiger partial charge in [-0.05, 0) is 18.6 Å². The Kier molecular flexibility index (Phi) is 3.59. The summed E-state index contributed by atoms with van der Waals surface area (Å²) in [5, 5.41) is 3.02. The highest BCUT2D eigenvalue weighted by molar-refractivity contribution is 7.86. The van der Waals surface area contributed by atoms with Crippen molar-refractivity contribution in [2.75, 3.05) is 12.4 Å². The number of aryl methyl sites for hydroxylation is 1. The van der Waals surface area contributed by atoms with Gasteiger partial charge in [-0.3, -0.25) is 4.55 Å². The monoisotopic (exact) mass is 277 g/mol. The van der Waals surface area contributed by atoms with Crippen LogP contribution in [0.1, 0.15) is 5.56 Å². The second-order valence-corrected chi connectivity index (χ2v) is 5.58. The predicted molar refractivity (Wildman–Crippen MR) is 76.0 cm³/mol. The molecule has 4 nitrogen and oxygen atoms in total. The van der Waals surface area contributed by atoms with Crippen LogP contribution in [0.3, 0.4) is 0 Å². The minimum atomic E-state index is -4.27. The number of anilines is 1. The molecule has 19 heavy (non-hydrogen) atoms. The van der Waals surface area contributed by atoms with Crippen molar-refractivity contribution < 1.29 is 13.0 Å². The van der Waals surface area contributed by atoms with Crippen LogP contribution in [0.25, 0.3) is 11.1 Å². The molecule has 0 unspecified atom stereocenters. The smallest absolute Gasteiger partial charge is 0.295 e. The van der Waals surface area contributed by atoms with Gasteiger partial charge in [-0.2, -0.15) is 8.42 Å². The number of hydrogen-bond donors (Lipinski definition) is 2. The molecular weight excluding hydrogens is 262 g/mol. The highest BCUT2D eigenvalue weighted by Gasteiger charge is 2.20. The Morgan fingerprint density at radius 2 is 1.63 bits per heavy atom. The van der Waals surface area contributed by atoms with Gasteiger partial charge >= 0.3 is 0 Å². The molecule has 100 valence electrons. The largest absolute Gasteiger partial charge is 0.388 e. The van der Waals surface area contributed by atoms with E-state index in [2.05, 4.69) is 5.32 Å². The maximum Gasteiger partial charge on any atom is 0.295 e. The summed E-state index contributed by atoms with van der Waals surface area (Å²) in [6.07, 6.45) is 0. The summed E-state index contributed by atoms with van der Waals surface area (Å²) in [6, 6.07) is 12.5. The number of hydrogen-bond acceptors (Lipinski definition) is 3. The SMILES string of the molecule is CNc1ccccc1-c1cccc(C)c1S(=O)(=O)O. The molecule has 2 rings (SSSR count). The van der Waals surface area contributed by atoms with Crippen LogP contribution in [-0.4, -0.2) is 20.0 Å². The second-order valence-electron chi connectivity index (χ2n) is 4.22. The van der Waals surface area contributed by atoms with Crippen molar-refractivity contribution in [2.45, 2.75) is 11.8 Å². The number of benzene rings is 2. The molecule has 2 aromatic rings. The fourth-order valence-corrected chi connectivity index (χ4v) is 3.07. The van der Waals surface area contributed by atoms with Crippen molar-refractivity contribution >= 4 is 15.8 Å². The van der Waals surface area contributed by atoms with Crippen molar-refractivity contribution in [3.8, 4) is 11.1 Å². The van der Waals surface area contributed by atoms with E-state index in [1.807, 2.05) is 24.3 Å². The van der Waals surface area contributed by atoms with Crippen molar-refractivity contribution in [2.24, 2.45) is 0 Å². The van der Waals surface area contributed by atoms with E-state index in [1.54, 1.807) is 32.2 Å². The van der Waals surface area contributed by atoms with Crippen molar-refractivity contribution in [3.05, 3.63) is 48.0 Å². The molecule has 0 radical (unpaired) electrons. The van der Waals surface area contributed by atoms with E-state index in [9.17, 15) is 13.0 Å². The van der Waals surface area contributed by atoms with E-state index in [-0.39, 0.29) is 4.90 Å². The molecule has 0 saturated carbocycles. The molecule has 0 bridgehead atoms. The Bertz CT molecular complexity index is 708. The summed E-state index contributed by atoms with van der Waals surface area (Å²) in [7, 11) is -2.50. The van der Waals surface area contributed by atoms with Gasteiger partial charge in [0.15, 0.2) is 0 Å². The van der Waals surface area contributed by atoms with Crippen LogP contribution < -0.4 is 5.32 Å². The Balaban J connectivity index is 2.80. The molecule has 0 heterocycles. The van der Waals surface area contributed by atoms with Gasteiger partial charge in [0.2, 0.25) is 0 Å². The van der Waals surface area contributed by atoms with Gasteiger partial charge < -0.3 is 5.32 Å². The minimum absolute atomic E-state index is 0.0438. The summed E-state index contributed by atoms with van der Waals surface area (Å²) in [5.41, 5.74) is 2.55. The van der Waals surface area contributed by atoms with Crippen molar-refractivity contribution in [3.63, 3.8) is 0 Å². The Hall–Kier alpha value is -1.85. The first-order valence-corrected chi connectivity index (χ1v) is 7.23. The summed E-state index contributed by atoms with van der Waals surface area (Å²) < 4.78 is 32.6. The van der Waals surface area contributed by atoms with Gasteiger partial charge in [-0.25, -0.2) is 0 Å². The zero-order valence-electron chi connectivity index (χ0n) is 10.7. The Morgan fingerprint density at radius 3 is 2.26 bits per heavy atom. The lowest BCUT2D eigenvalue weighted by molar-refractivity contribution is 0.483. The average Bonchev–Trinajstić information content (AvgIpc) is 2.37. The van der Waals surface area contributed by atoms with Gasteiger partial charge in [0.05, 0.1) is 0 Å². The van der Waals surface area contributed by atoms with Gasteiger partial charge in [0.1, 0.15) is 4.90 Å². The molecule has 0 aromatic heterocycles. The van der Waals surface area contributed by atoms with Crippen LogP contribution in [0, 0.1) is 6.92 Å². The van der Waals surface area contributed by atoms with Crippen molar-refractivity contribution in [1.29, 1.82) is 0 Å². The maximum atomic E-state index is 11.6. The molecule has 0 aliphatic rings. The van der Waals surface area contributed by atoms with E-state index in [4.69, 9.17) is 0 Å². The molecule has 2 aromatic carbocycles. The predicted octanol–water partition coefficient (Wildman–Crippen LogP) is 2.95. The molecule has 0 saturated heterocycles. The van der Waals surface area contributed by atoms with Gasteiger partial charge in [-0.1, -0.05) is 36.4 Å². The molecule has 0 aliphatic carbocycles. The first-order valence-electron chi connectivity index (χ1n) is 5.79. The molecule has 2 N–H and O–H groups in total. The van der Waals surface area contributed by atoms with Gasteiger partial charge in [0.25, 0.3) is 10.1 Å². The van der Waals surface area contributed by atoms with Crippen LogP contribution in [0.2, 0.25) is 0 Å². The molecule has 0 aliphatic heterocycles. The highest BCUT2D eigenvalue weighted by atomic mass is 32.2. The third kappa shape index (κ3) is 2.62. The topological polar surface area (TPSA) is 66.4 Å². The molecule has 0 amide bonds. The second kappa shape index (κ2) is 5.03. The quantitative estimate of drug-likeness (QED) is 0.846. The van der Waals surface area contributed by atoms with Crippen LogP contribution in [0.15, 0.2) is 47.4 Å². The van der Waals surface area contributed by atoms with Crippen LogP contribution in [-0.2, 0) is 10.1 Å². The summed E-state index contributed by atoms with van der Waals surface area (Å²) in [5.74, 6) is 0.